The van der Waals surface area contributed by atoms with Gasteiger partial charge in [0.05, 0.1) is 6.07 Å². The van der Waals surface area contributed by atoms with E-state index in [2.05, 4.69) is 11.5 Å². The van der Waals surface area contributed by atoms with Gasteiger partial charge in [-0.3, -0.25) is 5.84 Å². The first-order chi connectivity index (χ1) is 6.59. The van der Waals surface area contributed by atoms with Crippen molar-refractivity contribution in [3.8, 4) is 6.07 Å². The molecule has 0 saturated carbocycles. The Labute approximate surface area is 82.3 Å². The molecular weight excluding hydrogens is 181 g/mol. The fraction of sp³-hybridized carbons (Fsp3) is 0.300. The van der Waals surface area contributed by atoms with Gasteiger partial charge in [-0.15, -0.1) is 0 Å². The normalized spacial score (nSPS) is 14.4. The standard InChI is InChI=1S/C10H12FN3/c1-10(7-12,14-13)6-8-2-4-9(11)5-3-8/h2-5,14H,6,13H2,1H3. The quantitative estimate of drug-likeness (QED) is 0.558. The lowest BCUT2D eigenvalue weighted by Crippen LogP contribution is -2.47. The van der Waals surface area contributed by atoms with Gasteiger partial charge < -0.3 is 0 Å². The Morgan fingerprint density at radius 2 is 2.07 bits per heavy atom. The minimum Gasteiger partial charge on any atom is -0.270 e. The van der Waals surface area contributed by atoms with E-state index in [1.54, 1.807) is 19.1 Å². The highest BCUT2D eigenvalue weighted by molar-refractivity contribution is 5.21. The summed E-state index contributed by atoms with van der Waals surface area (Å²) in [6, 6.07) is 8.07. The number of nitrogens with one attached hydrogen (secondary N) is 1. The van der Waals surface area contributed by atoms with E-state index in [0.29, 0.717) is 6.42 Å². The van der Waals surface area contributed by atoms with Crippen LogP contribution in [0.15, 0.2) is 24.3 Å². The highest BCUT2D eigenvalue weighted by atomic mass is 19.1. The van der Waals surface area contributed by atoms with Gasteiger partial charge >= 0.3 is 0 Å². The van der Waals surface area contributed by atoms with Gasteiger partial charge in [0.2, 0.25) is 0 Å². The summed E-state index contributed by atoms with van der Waals surface area (Å²) in [6.07, 6.45) is 0.445. The predicted molar refractivity (Wildman–Crippen MR) is 51.4 cm³/mol. The van der Waals surface area contributed by atoms with Crippen molar-refractivity contribution in [2.75, 3.05) is 0 Å². The molecule has 0 spiro atoms. The van der Waals surface area contributed by atoms with Crippen molar-refractivity contribution in [3.63, 3.8) is 0 Å². The molecule has 0 amide bonds. The molecule has 1 unspecified atom stereocenters. The van der Waals surface area contributed by atoms with Gasteiger partial charge in [0, 0.05) is 6.42 Å². The topological polar surface area (TPSA) is 61.8 Å². The molecule has 14 heavy (non-hydrogen) atoms. The third kappa shape index (κ3) is 2.52. The number of hydrogen-bond donors (Lipinski definition) is 2. The predicted octanol–water partition coefficient (Wildman–Crippen LogP) is 1.11. The zero-order valence-electron chi connectivity index (χ0n) is 7.92. The lowest BCUT2D eigenvalue weighted by Gasteiger charge is -2.19. The summed E-state index contributed by atoms with van der Waals surface area (Å²) >= 11 is 0. The van der Waals surface area contributed by atoms with Crippen molar-refractivity contribution in [1.82, 2.24) is 5.43 Å². The first-order valence-electron chi connectivity index (χ1n) is 4.23. The van der Waals surface area contributed by atoms with E-state index in [4.69, 9.17) is 11.1 Å². The molecule has 0 aliphatic heterocycles. The highest BCUT2D eigenvalue weighted by Gasteiger charge is 2.21. The number of halogens is 1. The molecule has 3 nitrogen and oxygen atoms in total. The smallest absolute Gasteiger partial charge is 0.123 e. The summed E-state index contributed by atoms with van der Waals surface area (Å²) in [7, 11) is 0. The van der Waals surface area contributed by atoms with Gasteiger partial charge in [-0.05, 0) is 24.6 Å². The second kappa shape index (κ2) is 4.18. The van der Waals surface area contributed by atoms with E-state index < -0.39 is 5.54 Å². The molecule has 3 N–H and O–H groups in total. The molecule has 0 radical (unpaired) electrons. The van der Waals surface area contributed by atoms with Gasteiger partial charge in [-0.25, -0.2) is 9.82 Å². The molecule has 0 saturated heterocycles. The van der Waals surface area contributed by atoms with Crippen molar-refractivity contribution >= 4 is 0 Å². The molecule has 1 rings (SSSR count). The van der Waals surface area contributed by atoms with Crippen LogP contribution in [0, 0.1) is 17.1 Å². The van der Waals surface area contributed by atoms with E-state index in [0.717, 1.165) is 5.56 Å². The van der Waals surface area contributed by atoms with Gasteiger partial charge in [-0.1, -0.05) is 12.1 Å². The number of nitriles is 1. The molecule has 1 aromatic carbocycles. The lowest BCUT2D eigenvalue weighted by molar-refractivity contribution is 0.457. The first-order valence-corrected chi connectivity index (χ1v) is 4.23. The van der Waals surface area contributed by atoms with Gasteiger partial charge in [0.25, 0.3) is 0 Å². The second-order valence-corrected chi connectivity index (χ2v) is 3.39. The van der Waals surface area contributed by atoms with Crippen LogP contribution in [0.5, 0.6) is 0 Å². The Bertz CT molecular complexity index is 341. The van der Waals surface area contributed by atoms with Gasteiger partial charge in [0.1, 0.15) is 11.4 Å². The Hall–Kier alpha value is -1.44. The fourth-order valence-corrected chi connectivity index (χ4v) is 1.13. The highest BCUT2D eigenvalue weighted by Crippen LogP contribution is 2.12. The molecule has 1 aromatic rings. The maximum absolute atomic E-state index is 12.6. The van der Waals surface area contributed by atoms with Crippen LogP contribution in [-0.2, 0) is 6.42 Å². The van der Waals surface area contributed by atoms with Crippen LogP contribution in [0.3, 0.4) is 0 Å². The molecular formula is C10H12FN3. The summed E-state index contributed by atoms with van der Waals surface area (Å²) < 4.78 is 12.6. The summed E-state index contributed by atoms with van der Waals surface area (Å²) in [5.74, 6) is 4.96. The van der Waals surface area contributed by atoms with Crippen LogP contribution in [0.2, 0.25) is 0 Å². The zero-order chi connectivity index (χ0) is 10.6. The van der Waals surface area contributed by atoms with E-state index in [9.17, 15) is 4.39 Å². The minimum absolute atomic E-state index is 0.284. The van der Waals surface area contributed by atoms with Crippen molar-refractivity contribution in [1.29, 1.82) is 5.26 Å². The van der Waals surface area contributed by atoms with Crippen molar-refractivity contribution in [3.05, 3.63) is 35.6 Å². The summed E-state index contributed by atoms with van der Waals surface area (Å²) in [5.41, 5.74) is 2.50. The van der Waals surface area contributed by atoms with Crippen molar-refractivity contribution < 1.29 is 4.39 Å². The lowest BCUT2D eigenvalue weighted by atomic mass is 9.95. The number of nitrogens with two attached hydrogens (primary N) is 1. The largest absolute Gasteiger partial charge is 0.270 e. The number of hydrogen-bond acceptors (Lipinski definition) is 3. The average molecular weight is 193 g/mol. The minimum atomic E-state index is -0.808. The second-order valence-electron chi connectivity index (χ2n) is 3.39. The molecule has 4 heteroatoms. The summed E-state index contributed by atoms with van der Waals surface area (Å²) in [4.78, 5) is 0. The number of hydrazine groups is 1. The van der Waals surface area contributed by atoms with Crippen LogP contribution >= 0.6 is 0 Å². The summed E-state index contributed by atoms with van der Waals surface area (Å²) in [5, 5.41) is 8.83. The Kier molecular flexibility index (Phi) is 3.18. The third-order valence-corrected chi connectivity index (χ3v) is 2.04. The van der Waals surface area contributed by atoms with Crippen molar-refractivity contribution in [2.24, 2.45) is 5.84 Å². The number of benzene rings is 1. The third-order valence-electron chi connectivity index (χ3n) is 2.04. The van der Waals surface area contributed by atoms with E-state index in [-0.39, 0.29) is 5.82 Å². The molecule has 0 bridgehead atoms. The van der Waals surface area contributed by atoms with Crippen LogP contribution in [0.4, 0.5) is 4.39 Å². The first kappa shape index (κ1) is 10.6. The fourth-order valence-electron chi connectivity index (χ4n) is 1.13. The molecule has 74 valence electrons. The maximum Gasteiger partial charge on any atom is 0.123 e. The molecule has 0 aliphatic rings. The van der Waals surface area contributed by atoms with Gasteiger partial charge in [-0.2, -0.15) is 5.26 Å². The molecule has 0 fully saturated rings. The Morgan fingerprint density at radius 1 is 1.50 bits per heavy atom. The van der Waals surface area contributed by atoms with Crippen LogP contribution in [0.25, 0.3) is 0 Å². The zero-order valence-corrected chi connectivity index (χ0v) is 7.92. The van der Waals surface area contributed by atoms with E-state index >= 15 is 0 Å². The average Bonchev–Trinajstić information content (AvgIpc) is 2.21. The maximum atomic E-state index is 12.6. The molecule has 0 aromatic heterocycles. The number of nitrogens with zero attached hydrogens (tertiary/aromatic N) is 1. The van der Waals surface area contributed by atoms with Crippen LogP contribution < -0.4 is 11.3 Å². The SMILES string of the molecule is CC(C#N)(Cc1ccc(F)cc1)NN. The Morgan fingerprint density at radius 3 is 2.50 bits per heavy atom. The van der Waals surface area contributed by atoms with E-state index in [1.165, 1.54) is 12.1 Å². The van der Waals surface area contributed by atoms with Crippen LogP contribution in [-0.4, -0.2) is 5.54 Å². The molecule has 0 aliphatic carbocycles. The van der Waals surface area contributed by atoms with Crippen molar-refractivity contribution in [2.45, 2.75) is 18.9 Å². The Balaban J connectivity index is 2.79. The monoisotopic (exact) mass is 193 g/mol. The number of rotatable bonds is 3. The molecule has 1 atom stereocenters. The molecule has 0 heterocycles. The van der Waals surface area contributed by atoms with Crippen LogP contribution in [0.1, 0.15) is 12.5 Å². The van der Waals surface area contributed by atoms with Gasteiger partial charge in [0.15, 0.2) is 0 Å². The van der Waals surface area contributed by atoms with E-state index in [1.807, 2.05) is 0 Å². The summed E-state index contributed by atoms with van der Waals surface area (Å²) in [6.45, 7) is 1.69.